The number of ether oxygens (including phenoxy) is 1. The van der Waals surface area contributed by atoms with Gasteiger partial charge in [0.25, 0.3) is 0 Å². The van der Waals surface area contributed by atoms with Crippen molar-refractivity contribution in [3.63, 3.8) is 0 Å². The molecule has 0 aliphatic carbocycles. The molecule has 0 saturated carbocycles. The minimum Gasteiger partial charge on any atom is -0.486 e. The van der Waals surface area contributed by atoms with Gasteiger partial charge in [0.2, 0.25) is 0 Å². The lowest BCUT2D eigenvalue weighted by Gasteiger charge is -2.20. The number of aliphatic imine (C=N–C) groups is 1. The van der Waals surface area contributed by atoms with E-state index in [0.29, 0.717) is 6.54 Å². The van der Waals surface area contributed by atoms with Gasteiger partial charge >= 0.3 is 0 Å². The number of nitrogens with one attached hydrogen (secondary N) is 2. The van der Waals surface area contributed by atoms with Crippen LogP contribution >= 0.6 is 35.7 Å². The third-order valence-electron chi connectivity index (χ3n) is 2.91. The Bertz CT molecular complexity index is 449. The highest BCUT2D eigenvalue weighted by molar-refractivity contribution is 14.0. The maximum Gasteiger partial charge on any atom is 0.191 e. The number of rotatable bonds is 8. The number of guanidine groups is 1. The van der Waals surface area contributed by atoms with Gasteiger partial charge in [-0.1, -0.05) is 19.1 Å². The van der Waals surface area contributed by atoms with E-state index in [1.165, 1.54) is 6.07 Å². The molecule has 7 heteroatoms. The lowest BCUT2D eigenvalue weighted by Crippen LogP contribution is -2.43. The van der Waals surface area contributed by atoms with Gasteiger partial charge in [-0.05, 0) is 24.8 Å². The second-order valence-corrected chi connectivity index (χ2v) is 5.44. The van der Waals surface area contributed by atoms with Crippen LogP contribution in [-0.4, -0.2) is 44.2 Å². The fourth-order valence-corrected chi connectivity index (χ4v) is 2.00. The van der Waals surface area contributed by atoms with Crippen LogP contribution < -0.4 is 15.4 Å². The number of hydrogen-bond donors (Lipinski definition) is 2. The van der Waals surface area contributed by atoms with Crippen molar-refractivity contribution in [1.82, 2.24) is 10.6 Å². The number of para-hydroxylation sites is 1. The van der Waals surface area contributed by atoms with E-state index in [2.05, 4.69) is 21.9 Å². The molecule has 0 spiro atoms. The molecule has 126 valence electrons. The van der Waals surface area contributed by atoms with Crippen molar-refractivity contribution in [3.05, 3.63) is 30.1 Å². The van der Waals surface area contributed by atoms with E-state index in [1.54, 1.807) is 37.0 Å². The molecule has 0 bridgehead atoms. The Morgan fingerprint density at radius 2 is 2.09 bits per heavy atom. The van der Waals surface area contributed by atoms with Crippen LogP contribution in [0.5, 0.6) is 5.75 Å². The summed E-state index contributed by atoms with van der Waals surface area (Å²) in [6, 6.07) is 6.46. The summed E-state index contributed by atoms with van der Waals surface area (Å²) in [5, 5.41) is 6.41. The highest BCUT2D eigenvalue weighted by atomic mass is 127. The second kappa shape index (κ2) is 12.8. The third kappa shape index (κ3) is 8.07. The predicted molar refractivity (Wildman–Crippen MR) is 104 cm³/mol. The molecule has 0 aliphatic heterocycles. The van der Waals surface area contributed by atoms with Gasteiger partial charge in [0, 0.05) is 19.3 Å². The summed E-state index contributed by atoms with van der Waals surface area (Å²) < 4.78 is 19.3. The van der Waals surface area contributed by atoms with Crippen LogP contribution in [0.2, 0.25) is 0 Å². The van der Waals surface area contributed by atoms with Gasteiger partial charge in [-0.3, -0.25) is 4.99 Å². The molecule has 1 rings (SSSR count). The van der Waals surface area contributed by atoms with Crippen LogP contribution in [0.3, 0.4) is 0 Å². The minimum atomic E-state index is -0.335. The van der Waals surface area contributed by atoms with Gasteiger partial charge in [-0.2, -0.15) is 11.8 Å². The van der Waals surface area contributed by atoms with Gasteiger partial charge in [-0.15, -0.1) is 24.0 Å². The Balaban J connectivity index is 0.00000441. The molecule has 1 atom stereocenters. The van der Waals surface area contributed by atoms with Crippen molar-refractivity contribution < 1.29 is 9.13 Å². The fraction of sp³-hybridized carbons (Fsp3) is 0.533. The van der Waals surface area contributed by atoms with E-state index in [1.807, 2.05) is 6.92 Å². The van der Waals surface area contributed by atoms with Crippen molar-refractivity contribution in [3.8, 4) is 5.75 Å². The van der Waals surface area contributed by atoms with Crippen LogP contribution in [0.1, 0.15) is 13.3 Å². The molecule has 0 saturated heterocycles. The summed E-state index contributed by atoms with van der Waals surface area (Å²) in [4.78, 5) is 4.15. The minimum absolute atomic E-state index is 0. The summed E-state index contributed by atoms with van der Waals surface area (Å²) in [6.45, 7) is 3.44. The molecular weight excluding hydrogens is 416 g/mol. The molecule has 1 unspecified atom stereocenters. The zero-order valence-electron chi connectivity index (χ0n) is 13.3. The standard InChI is InChI=1S/C15H24FN3OS.HI/c1-4-12(20-14-8-6-5-7-13(14)16)11-19-15(17-2)18-9-10-21-3;/h5-8,12H,4,9-11H2,1-3H3,(H2,17,18,19);1H. The van der Waals surface area contributed by atoms with Gasteiger partial charge in [-0.25, -0.2) is 4.39 Å². The topological polar surface area (TPSA) is 45.7 Å². The lowest BCUT2D eigenvalue weighted by atomic mass is 10.2. The Morgan fingerprint density at radius 1 is 1.36 bits per heavy atom. The van der Waals surface area contributed by atoms with E-state index in [9.17, 15) is 4.39 Å². The first-order valence-electron chi connectivity index (χ1n) is 7.05. The summed E-state index contributed by atoms with van der Waals surface area (Å²) in [7, 11) is 1.73. The van der Waals surface area contributed by atoms with Gasteiger partial charge in [0.1, 0.15) is 6.10 Å². The first kappa shape index (κ1) is 21.3. The highest BCUT2D eigenvalue weighted by Crippen LogP contribution is 2.17. The molecule has 1 aromatic carbocycles. The molecule has 22 heavy (non-hydrogen) atoms. The zero-order chi connectivity index (χ0) is 15.5. The Labute approximate surface area is 153 Å². The summed E-state index contributed by atoms with van der Waals surface area (Å²) in [5.74, 6) is 1.71. The SMILES string of the molecule is CCC(CNC(=NC)NCCSC)Oc1ccccc1F.I. The summed E-state index contributed by atoms with van der Waals surface area (Å²) in [5.41, 5.74) is 0. The predicted octanol–water partition coefficient (Wildman–Crippen LogP) is 3.13. The van der Waals surface area contributed by atoms with Crippen molar-refractivity contribution in [2.75, 3.05) is 32.1 Å². The number of benzene rings is 1. The van der Waals surface area contributed by atoms with Crippen molar-refractivity contribution in [2.24, 2.45) is 4.99 Å². The molecule has 0 heterocycles. The van der Waals surface area contributed by atoms with E-state index in [-0.39, 0.29) is 41.6 Å². The first-order valence-corrected chi connectivity index (χ1v) is 8.45. The smallest absolute Gasteiger partial charge is 0.191 e. The van der Waals surface area contributed by atoms with Crippen LogP contribution in [0.15, 0.2) is 29.3 Å². The van der Waals surface area contributed by atoms with Gasteiger partial charge in [0.15, 0.2) is 17.5 Å². The molecule has 0 amide bonds. The van der Waals surface area contributed by atoms with E-state index in [0.717, 1.165) is 24.7 Å². The molecule has 0 aromatic heterocycles. The van der Waals surface area contributed by atoms with E-state index >= 15 is 0 Å². The average Bonchev–Trinajstić information content (AvgIpc) is 2.51. The van der Waals surface area contributed by atoms with Crippen LogP contribution in [0.25, 0.3) is 0 Å². The van der Waals surface area contributed by atoms with Crippen molar-refractivity contribution in [1.29, 1.82) is 0 Å². The molecule has 0 fully saturated rings. The first-order chi connectivity index (χ1) is 10.2. The Kier molecular flexibility index (Phi) is 12.4. The maximum atomic E-state index is 13.6. The molecular formula is C15H25FIN3OS. The van der Waals surface area contributed by atoms with Crippen molar-refractivity contribution in [2.45, 2.75) is 19.4 Å². The second-order valence-electron chi connectivity index (χ2n) is 4.45. The van der Waals surface area contributed by atoms with Gasteiger partial charge in [0.05, 0.1) is 6.54 Å². The van der Waals surface area contributed by atoms with Crippen LogP contribution in [0.4, 0.5) is 4.39 Å². The molecule has 0 aliphatic rings. The third-order valence-corrected chi connectivity index (χ3v) is 3.52. The largest absolute Gasteiger partial charge is 0.486 e. The number of halogens is 2. The Morgan fingerprint density at radius 3 is 2.68 bits per heavy atom. The van der Waals surface area contributed by atoms with Crippen LogP contribution in [-0.2, 0) is 0 Å². The summed E-state index contributed by atoms with van der Waals surface area (Å²) in [6.07, 6.45) is 2.73. The normalized spacial score (nSPS) is 12.3. The number of thioether (sulfide) groups is 1. The molecule has 4 nitrogen and oxygen atoms in total. The summed E-state index contributed by atoms with van der Waals surface area (Å²) >= 11 is 1.77. The average molecular weight is 441 g/mol. The lowest BCUT2D eigenvalue weighted by molar-refractivity contribution is 0.191. The number of hydrogen-bond acceptors (Lipinski definition) is 3. The Hall–Kier alpha value is -0.700. The van der Waals surface area contributed by atoms with E-state index < -0.39 is 0 Å². The quantitative estimate of drug-likeness (QED) is 0.282. The maximum absolute atomic E-state index is 13.6. The molecule has 2 N–H and O–H groups in total. The number of nitrogens with zero attached hydrogens (tertiary/aromatic N) is 1. The van der Waals surface area contributed by atoms with E-state index in [4.69, 9.17) is 4.74 Å². The van der Waals surface area contributed by atoms with Crippen molar-refractivity contribution >= 4 is 41.7 Å². The molecule has 1 aromatic rings. The highest BCUT2D eigenvalue weighted by Gasteiger charge is 2.11. The zero-order valence-corrected chi connectivity index (χ0v) is 16.4. The molecule has 0 radical (unpaired) electrons. The van der Waals surface area contributed by atoms with Gasteiger partial charge < -0.3 is 15.4 Å². The fourth-order valence-electron chi connectivity index (χ4n) is 1.69. The van der Waals surface area contributed by atoms with Crippen LogP contribution in [0, 0.1) is 5.82 Å². The monoisotopic (exact) mass is 441 g/mol.